The molecule has 4 nitrogen and oxygen atoms in total. The SMILES string of the molecule is CN(C(=O)CCl)c1ccc2oc(=O)ccc2c1C#Cc1ccccc1. The van der Waals surface area contributed by atoms with Crippen LogP contribution in [0.5, 0.6) is 0 Å². The molecule has 0 bridgehead atoms. The molecule has 0 fully saturated rings. The van der Waals surface area contributed by atoms with Crippen molar-refractivity contribution in [2.24, 2.45) is 0 Å². The average Bonchev–Trinajstić information content (AvgIpc) is 2.65. The summed E-state index contributed by atoms with van der Waals surface area (Å²) in [4.78, 5) is 24.9. The van der Waals surface area contributed by atoms with Crippen LogP contribution in [0.4, 0.5) is 5.69 Å². The number of benzene rings is 2. The van der Waals surface area contributed by atoms with Gasteiger partial charge in [0.1, 0.15) is 11.5 Å². The van der Waals surface area contributed by atoms with Crippen LogP contribution >= 0.6 is 11.6 Å². The summed E-state index contributed by atoms with van der Waals surface area (Å²) in [5, 5.41) is 0.662. The maximum absolute atomic E-state index is 12.0. The van der Waals surface area contributed by atoms with Crippen LogP contribution in [-0.2, 0) is 4.79 Å². The number of rotatable bonds is 2. The quantitative estimate of drug-likeness (QED) is 0.404. The maximum atomic E-state index is 12.0. The summed E-state index contributed by atoms with van der Waals surface area (Å²) in [6.45, 7) is 0. The van der Waals surface area contributed by atoms with Crippen LogP contribution in [0.1, 0.15) is 11.1 Å². The first-order chi connectivity index (χ1) is 12.1. The molecule has 0 unspecified atom stereocenters. The summed E-state index contributed by atoms with van der Waals surface area (Å²) in [5.74, 6) is 5.80. The zero-order chi connectivity index (χ0) is 17.8. The second-order valence-corrected chi connectivity index (χ2v) is 5.60. The summed E-state index contributed by atoms with van der Waals surface area (Å²) in [5.41, 5.74) is 2.03. The Morgan fingerprint density at radius 3 is 2.56 bits per heavy atom. The Morgan fingerprint density at radius 2 is 1.84 bits per heavy atom. The molecule has 0 saturated heterocycles. The fourth-order valence-electron chi connectivity index (χ4n) is 2.43. The van der Waals surface area contributed by atoms with Crippen molar-refractivity contribution in [2.75, 3.05) is 17.8 Å². The Hall–Kier alpha value is -3.03. The third kappa shape index (κ3) is 3.57. The van der Waals surface area contributed by atoms with Gasteiger partial charge in [-0.25, -0.2) is 4.79 Å². The zero-order valence-corrected chi connectivity index (χ0v) is 14.2. The summed E-state index contributed by atoms with van der Waals surface area (Å²) < 4.78 is 5.22. The maximum Gasteiger partial charge on any atom is 0.336 e. The molecule has 0 aliphatic heterocycles. The lowest BCUT2D eigenvalue weighted by molar-refractivity contribution is -0.116. The minimum absolute atomic E-state index is 0.135. The number of anilines is 1. The van der Waals surface area contributed by atoms with E-state index < -0.39 is 5.63 Å². The summed E-state index contributed by atoms with van der Waals surface area (Å²) >= 11 is 5.67. The van der Waals surface area contributed by atoms with Crippen LogP contribution in [0.15, 0.2) is 63.8 Å². The van der Waals surface area contributed by atoms with Crippen LogP contribution in [-0.4, -0.2) is 18.8 Å². The van der Waals surface area contributed by atoms with Gasteiger partial charge in [0.15, 0.2) is 0 Å². The van der Waals surface area contributed by atoms with E-state index in [0.29, 0.717) is 22.2 Å². The number of hydrogen-bond acceptors (Lipinski definition) is 3. The molecule has 0 radical (unpaired) electrons. The molecule has 0 aliphatic rings. The molecule has 3 aromatic rings. The molecule has 124 valence electrons. The molecule has 1 aromatic heterocycles. The average molecular weight is 352 g/mol. The molecule has 1 amide bonds. The standard InChI is InChI=1S/C20H14ClNO3/c1-22(19(23)13-21)17-10-11-18-16(9-12-20(24)25-18)15(17)8-7-14-5-3-2-4-6-14/h2-6,9-12H,13H2,1H3. The summed E-state index contributed by atoms with van der Waals surface area (Å²) in [6, 6.07) is 15.8. The number of amides is 1. The smallest absolute Gasteiger partial charge is 0.336 e. The van der Waals surface area contributed by atoms with Crippen LogP contribution < -0.4 is 10.5 Å². The van der Waals surface area contributed by atoms with Gasteiger partial charge < -0.3 is 9.32 Å². The van der Waals surface area contributed by atoms with E-state index in [1.54, 1.807) is 25.2 Å². The predicted molar refractivity (Wildman–Crippen MR) is 99.0 cm³/mol. The normalized spacial score (nSPS) is 10.2. The highest BCUT2D eigenvalue weighted by atomic mass is 35.5. The minimum Gasteiger partial charge on any atom is -0.423 e. The topological polar surface area (TPSA) is 50.5 Å². The van der Waals surface area contributed by atoms with E-state index in [9.17, 15) is 9.59 Å². The lowest BCUT2D eigenvalue weighted by Crippen LogP contribution is -2.28. The lowest BCUT2D eigenvalue weighted by Gasteiger charge is -2.18. The van der Waals surface area contributed by atoms with Gasteiger partial charge in [0.05, 0.1) is 11.3 Å². The molecule has 25 heavy (non-hydrogen) atoms. The molecule has 3 rings (SSSR count). The Morgan fingerprint density at radius 1 is 1.08 bits per heavy atom. The third-order valence-electron chi connectivity index (χ3n) is 3.74. The first-order valence-corrected chi connectivity index (χ1v) is 8.10. The van der Waals surface area contributed by atoms with E-state index in [0.717, 1.165) is 5.56 Å². The van der Waals surface area contributed by atoms with Gasteiger partial charge in [0.25, 0.3) is 0 Å². The van der Waals surface area contributed by atoms with Crippen molar-refractivity contribution in [1.82, 2.24) is 0 Å². The number of hydrogen-bond donors (Lipinski definition) is 0. The molecule has 0 aliphatic carbocycles. The highest BCUT2D eigenvalue weighted by Gasteiger charge is 2.16. The van der Waals surface area contributed by atoms with Crippen LogP contribution in [0, 0.1) is 11.8 Å². The number of carbonyl (C=O) groups is 1. The first-order valence-electron chi connectivity index (χ1n) is 7.56. The van der Waals surface area contributed by atoms with E-state index >= 15 is 0 Å². The molecule has 5 heteroatoms. The molecule has 1 heterocycles. The van der Waals surface area contributed by atoms with Gasteiger partial charge in [-0.05, 0) is 30.3 Å². The van der Waals surface area contributed by atoms with Gasteiger partial charge in [0, 0.05) is 24.1 Å². The van der Waals surface area contributed by atoms with Gasteiger partial charge in [-0.2, -0.15) is 0 Å². The highest BCUT2D eigenvalue weighted by molar-refractivity contribution is 6.29. The van der Waals surface area contributed by atoms with Crippen molar-refractivity contribution in [3.63, 3.8) is 0 Å². The highest BCUT2D eigenvalue weighted by Crippen LogP contribution is 2.27. The molecule has 0 saturated carbocycles. The van der Waals surface area contributed by atoms with Gasteiger partial charge in [-0.15, -0.1) is 11.6 Å². The Bertz CT molecular complexity index is 1050. The van der Waals surface area contributed by atoms with Crippen LogP contribution in [0.25, 0.3) is 11.0 Å². The predicted octanol–water partition coefficient (Wildman–Crippen LogP) is 3.39. The Kier molecular flexibility index (Phi) is 4.87. The second-order valence-electron chi connectivity index (χ2n) is 5.33. The molecule has 0 N–H and O–H groups in total. The number of halogens is 1. The van der Waals surface area contributed by atoms with Gasteiger partial charge in [0.2, 0.25) is 5.91 Å². The number of carbonyl (C=O) groups excluding carboxylic acids is 1. The lowest BCUT2D eigenvalue weighted by atomic mass is 10.1. The number of alkyl halides is 1. The van der Waals surface area contributed by atoms with Crippen molar-refractivity contribution in [1.29, 1.82) is 0 Å². The monoisotopic (exact) mass is 351 g/mol. The molecule has 0 spiro atoms. The van der Waals surface area contributed by atoms with E-state index in [4.69, 9.17) is 16.0 Å². The van der Waals surface area contributed by atoms with Crippen molar-refractivity contribution in [3.05, 3.63) is 76.1 Å². The van der Waals surface area contributed by atoms with E-state index in [1.807, 2.05) is 30.3 Å². The largest absolute Gasteiger partial charge is 0.423 e. The van der Waals surface area contributed by atoms with Gasteiger partial charge in [-0.3, -0.25) is 4.79 Å². The Labute approximate surface area is 149 Å². The fraction of sp³-hybridized carbons (Fsp3) is 0.100. The number of fused-ring (bicyclic) bond motifs is 1. The van der Waals surface area contributed by atoms with E-state index in [2.05, 4.69) is 11.8 Å². The summed E-state index contributed by atoms with van der Waals surface area (Å²) in [6.07, 6.45) is 0. The van der Waals surface area contributed by atoms with E-state index in [-0.39, 0.29) is 11.8 Å². The summed E-state index contributed by atoms with van der Waals surface area (Å²) in [7, 11) is 1.64. The fourth-order valence-corrected chi connectivity index (χ4v) is 2.61. The van der Waals surface area contributed by atoms with Gasteiger partial charge >= 0.3 is 5.63 Å². The van der Waals surface area contributed by atoms with Gasteiger partial charge in [-0.1, -0.05) is 30.0 Å². The van der Waals surface area contributed by atoms with Crippen molar-refractivity contribution < 1.29 is 9.21 Å². The van der Waals surface area contributed by atoms with Crippen molar-refractivity contribution in [2.45, 2.75) is 0 Å². The van der Waals surface area contributed by atoms with Crippen LogP contribution in [0.2, 0.25) is 0 Å². The molecule has 2 aromatic carbocycles. The minimum atomic E-state index is -0.438. The Balaban J connectivity index is 2.23. The molecular formula is C20H14ClNO3. The van der Waals surface area contributed by atoms with Crippen molar-refractivity contribution >= 4 is 34.2 Å². The van der Waals surface area contributed by atoms with Crippen LogP contribution in [0.3, 0.4) is 0 Å². The molecular weight excluding hydrogens is 338 g/mol. The van der Waals surface area contributed by atoms with Crippen molar-refractivity contribution in [3.8, 4) is 11.8 Å². The first kappa shape index (κ1) is 16.8. The van der Waals surface area contributed by atoms with E-state index in [1.165, 1.54) is 11.0 Å². The molecule has 0 atom stereocenters. The number of nitrogens with zero attached hydrogens (tertiary/aromatic N) is 1. The third-order valence-corrected chi connectivity index (χ3v) is 3.96. The second kappa shape index (κ2) is 7.25. The zero-order valence-electron chi connectivity index (χ0n) is 13.5.